The van der Waals surface area contributed by atoms with Crippen LogP contribution < -0.4 is 10.6 Å². The first-order chi connectivity index (χ1) is 8.65. The van der Waals surface area contributed by atoms with Gasteiger partial charge in [-0.2, -0.15) is 0 Å². The Bertz CT molecular complexity index is 554. The number of rotatable bonds is 3. The number of aromatic carboxylic acids is 1. The molecule has 92 valence electrons. The van der Waals surface area contributed by atoms with E-state index >= 15 is 0 Å². The van der Waals surface area contributed by atoms with Gasteiger partial charge in [-0.1, -0.05) is 9.59 Å². The maximum absolute atomic E-state index is 11.5. The van der Waals surface area contributed by atoms with Crippen LogP contribution in [-0.4, -0.2) is 31.9 Å². The Hall–Kier alpha value is -2.55. The van der Waals surface area contributed by atoms with Crippen LogP contribution in [0.25, 0.3) is 0 Å². The van der Waals surface area contributed by atoms with E-state index in [4.69, 9.17) is 5.11 Å². The van der Waals surface area contributed by atoms with Crippen LogP contribution in [0.5, 0.6) is 0 Å². The summed E-state index contributed by atoms with van der Waals surface area (Å²) >= 11 is 0.946. The van der Waals surface area contributed by atoms with Gasteiger partial charge in [-0.3, -0.25) is 5.32 Å². The Morgan fingerprint density at radius 1 is 1.17 bits per heavy atom. The number of carboxylic acid groups (broad SMARTS) is 1. The Morgan fingerprint density at radius 2 is 1.89 bits per heavy atom. The van der Waals surface area contributed by atoms with Gasteiger partial charge in [0.1, 0.15) is 0 Å². The number of anilines is 2. The minimum absolute atomic E-state index is 0.147. The summed E-state index contributed by atoms with van der Waals surface area (Å²) in [5.41, 5.74) is 0.615. The van der Waals surface area contributed by atoms with Gasteiger partial charge in [-0.15, -0.1) is 0 Å². The lowest BCUT2D eigenvalue weighted by atomic mass is 10.2. The van der Waals surface area contributed by atoms with E-state index in [1.165, 1.54) is 24.3 Å². The molecule has 0 aliphatic rings. The van der Waals surface area contributed by atoms with Crippen LogP contribution >= 0.6 is 11.5 Å². The maximum Gasteiger partial charge on any atom is 0.335 e. The summed E-state index contributed by atoms with van der Waals surface area (Å²) in [6, 6.07) is 5.26. The summed E-state index contributed by atoms with van der Waals surface area (Å²) in [4.78, 5) is 22.1. The SMILES string of the molecule is O=C(Nc1ccc(C(=O)O)cc1)Nc1nnns1. The molecule has 2 rings (SSSR count). The number of nitrogens with one attached hydrogen (secondary N) is 2. The van der Waals surface area contributed by atoms with Crippen molar-refractivity contribution in [3.63, 3.8) is 0 Å². The average Bonchev–Trinajstić information content (AvgIpc) is 2.82. The van der Waals surface area contributed by atoms with Gasteiger partial charge in [0, 0.05) is 17.2 Å². The Labute approximate surface area is 105 Å². The zero-order valence-electron chi connectivity index (χ0n) is 8.82. The second-order valence-corrected chi connectivity index (χ2v) is 3.86. The van der Waals surface area contributed by atoms with Crippen LogP contribution in [0.3, 0.4) is 0 Å². The molecule has 1 heterocycles. The molecule has 0 saturated carbocycles. The molecule has 9 heteroatoms. The number of hydrogen-bond donors (Lipinski definition) is 3. The van der Waals surface area contributed by atoms with Crippen molar-refractivity contribution in [2.24, 2.45) is 0 Å². The highest BCUT2D eigenvalue weighted by Crippen LogP contribution is 2.11. The summed E-state index contributed by atoms with van der Waals surface area (Å²) in [7, 11) is 0. The highest BCUT2D eigenvalue weighted by Gasteiger charge is 2.06. The fraction of sp³-hybridized carbons (Fsp3) is 0. The number of aromatic nitrogens is 3. The van der Waals surface area contributed by atoms with Crippen LogP contribution in [0.4, 0.5) is 15.6 Å². The molecule has 18 heavy (non-hydrogen) atoms. The largest absolute Gasteiger partial charge is 0.478 e. The number of carbonyl (C=O) groups excluding carboxylic acids is 1. The quantitative estimate of drug-likeness (QED) is 0.769. The number of hydrogen-bond acceptors (Lipinski definition) is 6. The molecule has 8 nitrogen and oxygen atoms in total. The van der Waals surface area contributed by atoms with Crippen LogP contribution in [0.15, 0.2) is 24.3 Å². The normalized spacial score (nSPS) is 9.78. The van der Waals surface area contributed by atoms with Gasteiger partial charge < -0.3 is 10.4 Å². The molecule has 0 saturated heterocycles. The number of benzene rings is 1. The number of nitrogens with zero attached hydrogens (tertiary/aromatic N) is 3. The first-order valence-electron chi connectivity index (χ1n) is 4.71. The fourth-order valence-corrected chi connectivity index (χ4v) is 1.50. The molecule has 0 bridgehead atoms. The molecule has 2 aromatic rings. The molecule has 0 atom stereocenters. The van der Waals surface area contributed by atoms with Gasteiger partial charge in [-0.25, -0.2) is 9.59 Å². The van der Waals surface area contributed by atoms with E-state index < -0.39 is 12.0 Å². The summed E-state index contributed by atoms with van der Waals surface area (Å²) in [6.07, 6.45) is 0. The summed E-state index contributed by atoms with van der Waals surface area (Å²) in [5, 5.41) is 20.8. The third-order valence-corrected chi connectivity index (χ3v) is 2.42. The third kappa shape index (κ3) is 2.98. The van der Waals surface area contributed by atoms with Crippen LogP contribution in [0.1, 0.15) is 10.4 Å². The molecular formula is C9H7N5O3S. The van der Waals surface area contributed by atoms with Crippen LogP contribution in [0, 0.1) is 0 Å². The first-order valence-corrected chi connectivity index (χ1v) is 5.49. The number of urea groups is 1. The fourth-order valence-electron chi connectivity index (χ4n) is 1.14. The molecule has 1 aromatic heterocycles. The Morgan fingerprint density at radius 3 is 2.44 bits per heavy atom. The smallest absolute Gasteiger partial charge is 0.335 e. The van der Waals surface area contributed by atoms with Crippen molar-refractivity contribution in [3.8, 4) is 0 Å². The second kappa shape index (κ2) is 5.19. The Kier molecular flexibility index (Phi) is 3.44. The molecule has 3 N–H and O–H groups in total. The predicted octanol–water partition coefficient (Wildman–Crippen LogP) is 1.28. The van der Waals surface area contributed by atoms with E-state index in [1.54, 1.807) is 0 Å². The van der Waals surface area contributed by atoms with Crippen molar-refractivity contribution in [3.05, 3.63) is 29.8 Å². The summed E-state index contributed by atoms with van der Waals surface area (Å²) in [5.74, 6) is -1.02. The lowest BCUT2D eigenvalue weighted by Gasteiger charge is -2.04. The average molecular weight is 265 g/mol. The van der Waals surface area contributed by atoms with E-state index in [0.717, 1.165) is 11.5 Å². The first kappa shape index (κ1) is 11.9. The van der Waals surface area contributed by atoms with E-state index in [-0.39, 0.29) is 10.7 Å². The minimum Gasteiger partial charge on any atom is -0.478 e. The molecule has 2 amide bonds. The molecule has 0 aliphatic carbocycles. The lowest BCUT2D eigenvalue weighted by Crippen LogP contribution is -2.19. The Balaban J connectivity index is 1.97. The van der Waals surface area contributed by atoms with Crippen molar-refractivity contribution in [2.45, 2.75) is 0 Å². The zero-order valence-corrected chi connectivity index (χ0v) is 9.64. The van der Waals surface area contributed by atoms with Gasteiger partial charge in [0.25, 0.3) is 0 Å². The number of carbonyl (C=O) groups is 2. The van der Waals surface area contributed by atoms with Gasteiger partial charge in [0.2, 0.25) is 5.13 Å². The van der Waals surface area contributed by atoms with Crippen molar-refractivity contribution >= 4 is 34.4 Å². The van der Waals surface area contributed by atoms with Crippen molar-refractivity contribution in [2.75, 3.05) is 10.6 Å². The van der Waals surface area contributed by atoms with Crippen molar-refractivity contribution in [1.29, 1.82) is 0 Å². The van der Waals surface area contributed by atoms with Gasteiger partial charge in [0.15, 0.2) is 0 Å². The molecule has 0 radical (unpaired) electrons. The van der Waals surface area contributed by atoms with Crippen LogP contribution in [-0.2, 0) is 0 Å². The maximum atomic E-state index is 11.5. The monoisotopic (exact) mass is 265 g/mol. The topological polar surface area (TPSA) is 117 Å². The van der Waals surface area contributed by atoms with E-state index in [0.29, 0.717) is 5.69 Å². The highest BCUT2D eigenvalue weighted by molar-refractivity contribution is 7.09. The summed E-state index contributed by atoms with van der Waals surface area (Å²) < 4.78 is 3.49. The van der Waals surface area contributed by atoms with E-state index in [9.17, 15) is 9.59 Å². The highest BCUT2D eigenvalue weighted by atomic mass is 32.1. The standard InChI is InChI=1S/C9H7N5O3S/c15-7(16)5-1-3-6(4-2-5)10-8(17)11-9-12-13-14-18-9/h1-4H,(H,15,16)(H2,10,11,12,14,17). The van der Waals surface area contributed by atoms with Gasteiger partial charge in [0.05, 0.1) is 5.56 Å². The summed E-state index contributed by atoms with van der Waals surface area (Å²) in [6.45, 7) is 0. The van der Waals surface area contributed by atoms with Crippen LogP contribution in [0.2, 0.25) is 0 Å². The van der Waals surface area contributed by atoms with E-state index in [1.807, 2.05) is 0 Å². The molecule has 1 aromatic carbocycles. The molecule has 0 aliphatic heterocycles. The molecule has 0 fully saturated rings. The predicted molar refractivity (Wildman–Crippen MR) is 63.7 cm³/mol. The second-order valence-electron chi connectivity index (χ2n) is 3.13. The number of amides is 2. The number of carboxylic acids is 1. The van der Waals surface area contributed by atoms with Crippen molar-refractivity contribution < 1.29 is 14.7 Å². The van der Waals surface area contributed by atoms with Gasteiger partial charge >= 0.3 is 12.0 Å². The van der Waals surface area contributed by atoms with Gasteiger partial charge in [-0.05, 0) is 29.5 Å². The lowest BCUT2D eigenvalue weighted by molar-refractivity contribution is 0.0697. The van der Waals surface area contributed by atoms with E-state index in [2.05, 4.69) is 25.4 Å². The molecule has 0 unspecified atom stereocenters. The third-order valence-electron chi connectivity index (χ3n) is 1.91. The molecular weight excluding hydrogens is 258 g/mol. The molecule has 0 spiro atoms. The van der Waals surface area contributed by atoms with Crippen molar-refractivity contribution in [1.82, 2.24) is 14.8 Å². The zero-order chi connectivity index (χ0) is 13.0. The minimum atomic E-state index is -1.02.